The van der Waals surface area contributed by atoms with E-state index in [-0.39, 0.29) is 55.3 Å². The van der Waals surface area contributed by atoms with Crippen molar-refractivity contribution in [3.05, 3.63) is 65.7 Å². The zero-order valence-corrected chi connectivity index (χ0v) is 20.7. The molecule has 3 aromatic heterocycles. The van der Waals surface area contributed by atoms with Gasteiger partial charge in [-0.05, 0) is 37.3 Å². The number of benzene rings is 1. The molecular formula is C25H25FN6O6. The van der Waals surface area contributed by atoms with E-state index >= 15 is 0 Å². The number of nitrogens with one attached hydrogen (secondary N) is 1. The van der Waals surface area contributed by atoms with Gasteiger partial charge in [0.1, 0.15) is 35.1 Å². The molecule has 4 aromatic rings. The van der Waals surface area contributed by atoms with Crippen molar-refractivity contribution in [1.82, 2.24) is 30.2 Å². The average Bonchev–Trinajstić information content (AvgIpc) is 3.50. The number of hydrogen-bond donors (Lipinski definition) is 2. The summed E-state index contributed by atoms with van der Waals surface area (Å²) in [5, 5.41) is 20.3. The number of nitrogens with zero attached hydrogens (tertiary/aromatic N) is 5. The second kappa shape index (κ2) is 10.1. The van der Waals surface area contributed by atoms with Crippen molar-refractivity contribution in [1.29, 1.82) is 0 Å². The first-order valence-electron chi connectivity index (χ1n) is 11.8. The molecule has 0 aliphatic carbocycles. The first-order valence-corrected chi connectivity index (χ1v) is 11.8. The van der Waals surface area contributed by atoms with Crippen molar-refractivity contribution in [2.75, 3.05) is 20.3 Å². The number of aliphatic hydroxyl groups is 1. The third-order valence-corrected chi connectivity index (χ3v) is 6.35. The Morgan fingerprint density at radius 2 is 2.18 bits per heavy atom. The summed E-state index contributed by atoms with van der Waals surface area (Å²) in [6, 6.07) is 7.27. The van der Waals surface area contributed by atoms with Gasteiger partial charge in [0.25, 0.3) is 5.91 Å². The van der Waals surface area contributed by atoms with Crippen LogP contribution in [0.3, 0.4) is 0 Å². The van der Waals surface area contributed by atoms with E-state index in [9.17, 15) is 19.1 Å². The van der Waals surface area contributed by atoms with Crippen LogP contribution in [0, 0.1) is 5.82 Å². The highest BCUT2D eigenvalue weighted by Crippen LogP contribution is 2.39. The fraction of sp³-hybridized carbons (Fsp3) is 0.320. The topological polar surface area (TPSA) is 145 Å². The molecule has 38 heavy (non-hydrogen) atoms. The highest BCUT2D eigenvalue weighted by Gasteiger charge is 2.48. The molecule has 13 heteroatoms. The van der Waals surface area contributed by atoms with Crippen LogP contribution in [0.5, 0.6) is 11.5 Å². The number of halogens is 1. The van der Waals surface area contributed by atoms with Gasteiger partial charge in [0.05, 0.1) is 44.9 Å². The molecule has 4 heterocycles. The SMILES string of the molecule is COc1cccnc1CNC(=O)C1(C)COc2c(oc3ccc(F)cc23)C(=O)N1Cc1cn(CCO)nn1. The minimum absolute atomic E-state index is 0.0326. The summed E-state index contributed by atoms with van der Waals surface area (Å²) in [6.07, 6.45) is 3.15. The molecular weight excluding hydrogens is 499 g/mol. The molecule has 0 spiro atoms. The van der Waals surface area contributed by atoms with Crippen molar-refractivity contribution in [3.8, 4) is 11.5 Å². The van der Waals surface area contributed by atoms with E-state index in [1.54, 1.807) is 31.5 Å². The summed E-state index contributed by atoms with van der Waals surface area (Å²) in [4.78, 5) is 33.1. The Kier molecular flexibility index (Phi) is 6.68. The second-order valence-corrected chi connectivity index (χ2v) is 8.89. The molecule has 12 nitrogen and oxygen atoms in total. The van der Waals surface area contributed by atoms with Crippen LogP contribution >= 0.6 is 0 Å². The number of hydrogen-bond acceptors (Lipinski definition) is 9. The Morgan fingerprint density at radius 1 is 1.34 bits per heavy atom. The first kappa shape index (κ1) is 25.1. The normalized spacial score (nSPS) is 17.2. The van der Waals surface area contributed by atoms with Crippen LogP contribution in [0.25, 0.3) is 11.0 Å². The van der Waals surface area contributed by atoms with Crippen LogP contribution in [0.4, 0.5) is 4.39 Å². The van der Waals surface area contributed by atoms with Crippen LogP contribution < -0.4 is 14.8 Å². The van der Waals surface area contributed by atoms with E-state index in [0.717, 1.165) is 0 Å². The molecule has 2 N–H and O–H groups in total. The molecule has 198 valence electrons. The number of carbonyl (C=O) groups excluding carboxylic acids is 2. The number of rotatable bonds is 8. The molecule has 1 aliphatic rings. The number of carbonyl (C=O) groups is 2. The van der Waals surface area contributed by atoms with E-state index in [4.69, 9.17) is 13.9 Å². The molecule has 0 saturated heterocycles. The Hall–Kier alpha value is -4.52. The Bertz CT molecular complexity index is 1500. The summed E-state index contributed by atoms with van der Waals surface area (Å²) in [7, 11) is 1.50. The Morgan fingerprint density at radius 3 is 2.97 bits per heavy atom. The van der Waals surface area contributed by atoms with Crippen LogP contribution in [0.1, 0.15) is 28.9 Å². The summed E-state index contributed by atoms with van der Waals surface area (Å²) in [5.74, 6) is -1.29. The number of fused-ring (bicyclic) bond motifs is 3. The second-order valence-electron chi connectivity index (χ2n) is 8.89. The lowest BCUT2D eigenvalue weighted by Gasteiger charge is -2.37. The van der Waals surface area contributed by atoms with E-state index in [1.807, 2.05) is 0 Å². The lowest BCUT2D eigenvalue weighted by Crippen LogP contribution is -2.60. The van der Waals surface area contributed by atoms with Crippen LogP contribution in [-0.2, 0) is 24.4 Å². The van der Waals surface area contributed by atoms with Crippen molar-refractivity contribution in [2.45, 2.75) is 32.1 Å². The van der Waals surface area contributed by atoms with Gasteiger partial charge in [0, 0.05) is 6.20 Å². The molecule has 1 aromatic carbocycles. The van der Waals surface area contributed by atoms with Crippen molar-refractivity contribution in [2.24, 2.45) is 0 Å². The van der Waals surface area contributed by atoms with Crippen molar-refractivity contribution >= 4 is 22.8 Å². The van der Waals surface area contributed by atoms with Gasteiger partial charge in [-0.25, -0.2) is 9.07 Å². The largest absolute Gasteiger partial charge is 0.495 e. The van der Waals surface area contributed by atoms with Crippen LogP contribution in [0.2, 0.25) is 0 Å². The molecule has 0 saturated carbocycles. The minimum Gasteiger partial charge on any atom is -0.495 e. The molecule has 1 atom stereocenters. The molecule has 0 radical (unpaired) electrons. The molecule has 0 fully saturated rings. The van der Waals surface area contributed by atoms with Gasteiger partial charge < -0.3 is 29.2 Å². The van der Waals surface area contributed by atoms with Gasteiger partial charge >= 0.3 is 0 Å². The first-order chi connectivity index (χ1) is 18.3. The summed E-state index contributed by atoms with van der Waals surface area (Å²) >= 11 is 0. The highest BCUT2D eigenvalue weighted by atomic mass is 19.1. The molecule has 1 unspecified atom stereocenters. The summed E-state index contributed by atoms with van der Waals surface area (Å²) in [6.45, 7) is 1.29. The minimum atomic E-state index is -1.54. The van der Waals surface area contributed by atoms with Crippen LogP contribution in [-0.4, -0.2) is 67.7 Å². The zero-order valence-electron chi connectivity index (χ0n) is 20.7. The number of pyridine rings is 1. The van der Waals surface area contributed by atoms with E-state index < -0.39 is 23.2 Å². The number of methoxy groups -OCH3 is 1. The van der Waals surface area contributed by atoms with Gasteiger partial charge in [-0.15, -0.1) is 5.10 Å². The van der Waals surface area contributed by atoms with E-state index in [0.29, 0.717) is 17.1 Å². The number of aromatic nitrogens is 4. The average molecular weight is 525 g/mol. The zero-order chi connectivity index (χ0) is 26.9. The third-order valence-electron chi connectivity index (χ3n) is 6.35. The highest BCUT2D eigenvalue weighted by molar-refractivity contribution is 6.04. The maximum absolute atomic E-state index is 14.0. The summed E-state index contributed by atoms with van der Waals surface area (Å²) in [5.41, 5.74) is -0.391. The molecule has 5 rings (SSSR count). The van der Waals surface area contributed by atoms with Crippen LogP contribution in [0.15, 0.2) is 47.1 Å². The van der Waals surface area contributed by atoms with E-state index in [2.05, 4.69) is 20.6 Å². The quantitative estimate of drug-likeness (QED) is 0.352. The van der Waals surface area contributed by atoms with E-state index in [1.165, 1.54) is 34.9 Å². The Labute approximate surface area is 215 Å². The number of ether oxygens (including phenoxy) is 2. The number of amides is 2. The van der Waals surface area contributed by atoms with Gasteiger partial charge in [-0.3, -0.25) is 14.6 Å². The van der Waals surface area contributed by atoms with Gasteiger partial charge in [0.2, 0.25) is 11.7 Å². The van der Waals surface area contributed by atoms with Gasteiger partial charge in [-0.2, -0.15) is 0 Å². The summed E-state index contributed by atoms with van der Waals surface area (Å²) < 4.78 is 32.5. The maximum atomic E-state index is 14.0. The Balaban J connectivity index is 1.50. The monoisotopic (exact) mass is 524 g/mol. The maximum Gasteiger partial charge on any atom is 0.294 e. The molecule has 1 aliphatic heterocycles. The molecule has 0 bridgehead atoms. The smallest absolute Gasteiger partial charge is 0.294 e. The number of aliphatic hydroxyl groups excluding tert-OH is 1. The van der Waals surface area contributed by atoms with Gasteiger partial charge in [0.15, 0.2) is 11.3 Å². The standard InChI is InChI=1S/C25H25FN6O6/c1-25(24(35)28-11-18-20(36-2)4-3-7-27-18)14-37-21-17-10-15(26)5-6-19(17)38-22(21)23(34)32(25)13-16-12-31(8-9-33)30-29-16/h3-7,10,12,33H,8-9,11,13-14H2,1-2H3,(H,28,35). The van der Waals surface area contributed by atoms with Gasteiger partial charge in [-0.1, -0.05) is 5.21 Å². The van der Waals surface area contributed by atoms with Crippen molar-refractivity contribution < 1.29 is 33.0 Å². The fourth-order valence-electron chi connectivity index (χ4n) is 4.28. The molecule has 2 amide bonds. The fourth-order valence-corrected chi connectivity index (χ4v) is 4.28. The lowest BCUT2D eigenvalue weighted by atomic mass is 9.98. The predicted molar refractivity (Wildman–Crippen MR) is 130 cm³/mol. The van der Waals surface area contributed by atoms with Crippen molar-refractivity contribution in [3.63, 3.8) is 0 Å². The lowest BCUT2D eigenvalue weighted by molar-refractivity contribution is -0.133. The predicted octanol–water partition coefficient (Wildman–Crippen LogP) is 1.67. The third kappa shape index (κ3) is 4.52. The number of furan rings is 1.